The molecular formula is C21H24BrN3O2. The van der Waals surface area contributed by atoms with Gasteiger partial charge in [-0.15, -0.1) is 0 Å². The number of fused-ring (bicyclic) bond motifs is 1. The number of aromatic nitrogens is 3. The van der Waals surface area contributed by atoms with Gasteiger partial charge >= 0.3 is 5.97 Å². The Kier molecular flexibility index (Phi) is 5.65. The number of pyridine rings is 1. The third-order valence-electron chi connectivity index (χ3n) is 4.90. The second-order valence-electron chi connectivity index (χ2n) is 6.59. The van der Waals surface area contributed by atoms with Crippen molar-refractivity contribution in [2.75, 3.05) is 0 Å². The molecule has 1 fully saturated rings. The minimum Gasteiger partial charge on any atom is -0.459 e. The summed E-state index contributed by atoms with van der Waals surface area (Å²) >= 11 is 3.41. The van der Waals surface area contributed by atoms with Crippen molar-refractivity contribution < 1.29 is 9.53 Å². The van der Waals surface area contributed by atoms with Gasteiger partial charge in [-0.1, -0.05) is 51.1 Å². The summed E-state index contributed by atoms with van der Waals surface area (Å²) in [5, 5.41) is 5.58. The number of ether oxygens (including phenoxy) is 1. The largest absolute Gasteiger partial charge is 0.459 e. The van der Waals surface area contributed by atoms with Gasteiger partial charge in [0.2, 0.25) is 0 Å². The predicted molar refractivity (Wildman–Crippen MR) is 109 cm³/mol. The Hall–Kier alpha value is -2.21. The molecule has 0 spiro atoms. The maximum atomic E-state index is 12.9. The first-order chi connectivity index (χ1) is 13.0. The van der Waals surface area contributed by atoms with Crippen molar-refractivity contribution in [2.45, 2.75) is 46.3 Å². The molecule has 0 N–H and O–H groups in total. The van der Waals surface area contributed by atoms with Crippen LogP contribution in [0.4, 0.5) is 0 Å². The molecule has 0 amide bonds. The highest BCUT2D eigenvalue weighted by Gasteiger charge is 2.62. The van der Waals surface area contributed by atoms with Crippen LogP contribution in [0.1, 0.15) is 38.4 Å². The van der Waals surface area contributed by atoms with E-state index in [0.29, 0.717) is 12.1 Å². The minimum absolute atomic E-state index is 0.166. The lowest BCUT2D eigenvalue weighted by atomic mass is 10.2. The lowest BCUT2D eigenvalue weighted by Gasteiger charge is -2.17. The molecule has 2 unspecified atom stereocenters. The Labute approximate surface area is 167 Å². The molecule has 1 aromatic carbocycles. The normalized spacial score (nSPS) is 20.7. The number of esters is 1. The van der Waals surface area contributed by atoms with E-state index in [2.05, 4.69) is 26.0 Å². The minimum atomic E-state index is -0.755. The van der Waals surface area contributed by atoms with Gasteiger partial charge in [-0.25, -0.2) is 14.5 Å². The van der Waals surface area contributed by atoms with Crippen molar-refractivity contribution in [2.24, 2.45) is 5.92 Å². The number of hydrogen-bond acceptors (Lipinski definition) is 4. The molecule has 2 heterocycles. The second-order valence-corrected chi connectivity index (χ2v) is 7.41. The van der Waals surface area contributed by atoms with E-state index in [4.69, 9.17) is 4.74 Å². The maximum absolute atomic E-state index is 12.9. The maximum Gasteiger partial charge on any atom is 0.334 e. The molecule has 1 aliphatic rings. The number of rotatable bonds is 4. The van der Waals surface area contributed by atoms with Gasteiger partial charge in [0.1, 0.15) is 11.2 Å². The molecule has 1 aliphatic carbocycles. The Morgan fingerprint density at radius 3 is 2.56 bits per heavy atom. The summed E-state index contributed by atoms with van der Waals surface area (Å²) in [4.78, 5) is 17.5. The van der Waals surface area contributed by atoms with Crippen molar-refractivity contribution in [3.05, 3.63) is 58.3 Å². The van der Waals surface area contributed by atoms with Crippen LogP contribution in [0.25, 0.3) is 11.0 Å². The van der Waals surface area contributed by atoms with E-state index in [1.807, 2.05) is 70.2 Å². The van der Waals surface area contributed by atoms with Crippen LogP contribution in [0.5, 0.6) is 0 Å². The zero-order valence-corrected chi connectivity index (χ0v) is 17.7. The monoisotopic (exact) mass is 429 g/mol. The fraction of sp³-hybridized carbons (Fsp3) is 0.381. The van der Waals surface area contributed by atoms with Crippen molar-refractivity contribution in [1.82, 2.24) is 14.8 Å². The molecule has 0 aliphatic heterocycles. The molecule has 2 atom stereocenters. The lowest BCUT2D eigenvalue weighted by molar-refractivity contribution is -0.151. The third-order valence-corrected chi connectivity index (χ3v) is 5.34. The van der Waals surface area contributed by atoms with Gasteiger partial charge in [0, 0.05) is 5.39 Å². The quantitative estimate of drug-likeness (QED) is 0.432. The Balaban J connectivity index is 0.00000102. The molecular weight excluding hydrogens is 406 g/mol. The van der Waals surface area contributed by atoms with Gasteiger partial charge < -0.3 is 4.74 Å². The first-order valence-electron chi connectivity index (χ1n) is 9.26. The van der Waals surface area contributed by atoms with Crippen molar-refractivity contribution in [3.8, 4) is 0 Å². The topological polar surface area (TPSA) is 57.0 Å². The van der Waals surface area contributed by atoms with Crippen LogP contribution in [0.3, 0.4) is 0 Å². The molecule has 0 radical (unpaired) electrons. The molecule has 0 saturated heterocycles. The molecule has 1 saturated carbocycles. The van der Waals surface area contributed by atoms with Crippen molar-refractivity contribution >= 4 is 32.9 Å². The van der Waals surface area contributed by atoms with Crippen LogP contribution in [0.15, 0.2) is 47.1 Å². The highest BCUT2D eigenvalue weighted by Crippen LogP contribution is 2.52. The average molecular weight is 430 g/mol. The lowest BCUT2D eigenvalue weighted by Crippen LogP contribution is -2.33. The fourth-order valence-corrected chi connectivity index (χ4v) is 3.62. The van der Waals surface area contributed by atoms with Crippen LogP contribution in [-0.4, -0.2) is 20.7 Å². The third kappa shape index (κ3) is 3.50. The highest BCUT2D eigenvalue weighted by molar-refractivity contribution is 9.10. The Bertz CT molecular complexity index is 955. The molecule has 142 valence electrons. The SMILES string of the molecule is CC.Cc1nn(C2(C(=O)OCc3ccccc3)CC2C)c2nc(Br)ccc12. The van der Waals surface area contributed by atoms with Crippen LogP contribution < -0.4 is 0 Å². The summed E-state index contributed by atoms with van der Waals surface area (Å²) in [5.74, 6) is -0.0749. The summed E-state index contributed by atoms with van der Waals surface area (Å²) in [6, 6.07) is 13.6. The van der Waals surface area contributed by atoms with Gasteiger partial charge in [-0.2, -0.15) is 5.10 Å². The van der Waals surface area contributed by atoms with Gasteiger partial charge in [0.15, 0.2) is 11.2 Å². The van der Waals surface area contributed by atoms with Gasteiger partial charge in [-0.05, 0) is 52.9 Å². The summed E-state index contributed by atoms with van der Waals surface area (Å²) in [7, 11) is 0. The Morgan fingerprint density at radius 2 is 1.93 bits per heavy atom. The number of nitrogens with zero attached hydrogens (tertiary/aromatic N) is 3. The molecule has 3 aromatic rings. The number of hydrogen-bond donors (Lipinski definition) is 0. The van der Waals surface area contributed by atoms with E-state index >= 15 is 0 Å². The summed E-state index contributed by atoms with van der Waals surface area (Å²) in [5.41, 5.74) is 1.80. The van der Waals surface area contributed by atoms with Crippen LogP contribution >= 0.6 is 15.9 Å². The van der Waals surface area contributed by atoms with E-state index in [1.165, 1.54) is 0 Å². The summed E-state index contributed by atoms with van der Waals surface area (Å²) in [6.45, 7) is 8.25. The smallest absolute Gasteiger partial charge is 0.334 e. The van der Waals surface area contributed by atoms with Crippen LogP contribution in [0.2, 0.25) is 0 Å². The number of carbonyl (C=O) groups is 1. The molecule has 5 nitrogen and oxygen atoms in total. The highest BCUT2D eigenvalue weighted by atomic mass is 79.9. The number of carbonyl (C=O) groups excluding carboxylic acids is 1. The predicted octanol–water partition coefficient (Wildman–Crippen LogP) is 5.01. The van der Waals surface area contributed by atoms with Crippen LogP contribution in [-0.2, 0) is 21.7 Å². The van der Waals surface area contributed by atoms with Crippen molar-refractivity contribution in [1.29, 1.82) is 0 Å². The van der Waals surface area contributed by atoms with Crippen molar-refractivity contribution in [3.63, 3.8) is 0 Å². The molecule has 0 bridgehead atoms. The van der Waals surface area contributed by atoms with E-state index in [0.717, 1.165) is 21.2 Å². The first-order valence-corrected chi connectivity index (χ1v) is 10.0. The number of aryl methyl sites for hydroxylation is 1. The zero-order chi connectivity index (χ0) is 19.6. The zero-order valence-electron chi connectivity index (χ0n) is 16.1. The van der Waals surface area contributed by atoms with E-state index in [1.54, 1.807) is 4.68 Å². The molecule has 4 rings (SSSR count). The number of halogens is 1. The van der Waals surface area contributed by atoms with E-state index < -0.39 is 5.54 Å². The molecule has 27 heavy (non-hydrogen) atoms. The average Bonchev–Trinajstić information content (AvgIpc) is 3.27. The second kappa shape index (κ2) is 7.80. The van der Waals surface area contributed by atoms with Gasteiger partial charge in [-0.3, -0.25) is 0 Å². The standard InChI is InChI=1S/C19H18BrN3O2.C2H6/c1-12-10-19(12,18(24)25-11-14-6-4-3-5-7-14)23-17-15(13(2)22-23)8-9-16(20)21-17;1-2/h3-9,12H,10-11H2,1-2H3;1-2H3. The molecule has 2 aromatic heterocycles. The van der Waals surface area contributed by atoms with Crippen LogP contribution in [0, 0.1) is 12.8 Å². The fourth-order valence-electron chi connectivity index (χ4n) is 3.32. The van der Waals surface area contributed by atoms with E-state index in [-0.39, 0.29) is 18.5 Å². The summed E-state index contributed by atoms with van der Waals surface area (Å²) in [6.07, 6.45) is 0.713. The first kappa shape index (κ1) is 19.5. The summed E-state index contributed by atoms with van der Waals surface area (Å²) < 4.78 is 8.12. The Morgan fingerprint density at radius 1 is 1.26 bits per heavy atom. The van der Waals surface area contributed by atoms with E-state index in [9.17, 15) is 4.79 Å². The molecule has 6 heteroatoms. The number of benzene rings is 1. The van der Waals surface area contributed by atoms with Gasteiger partial charge in [0.25, 0.3) is 0 Å². The van der Waals surface area contributed by atoms with Gasteiger partial charge in [0.05, 0.1) is 5.69 Å².